The van der Waals surface area contributed by atoms with Gasteiger partial charge in [-0.1, -0.05) is 19.0 Å². The second-order valence-electron chi connectivity index (χ2n) is 4.69. The molecule has 0 aromatic carbocycles. The predicted octanol–water partition coefficient (Wildman–Crippen LogP) is 2.08. The lowest BCUT2D eigenvalue weighted by Crippen LogP contribution is -2.07. The van der Waals surface area contributed by atoms with E-state index in [2.05, 4.69) is 15.5 Å². The van der Waals surface area contributed by atoms with E-state index in [1.54, 1.807) is 13.8 Å². The maximum absolute atomic E-state index is 12.1. The maximum atomic E-state index is 12.1. The molecule has 0 radical (unpaired) electrons. The molecule has 0 aliphatic heterocycles. The standard InChI is InChI=1S/C13H15N5O2S/c1-7(2)11(19)12-10(15)8(5-14)13(21-12)16-4-3-9-17-6-18-20-9/h6-7,16H,3-4,15H2,1-2H3. The zero-order chi connectivity index (χ0) is 15.4. The molecule has 0 spiro atoms. The Balaban J connectivity index is 2.14. The fourth-order valence-electron chi connectivity index (χ4n) is 1.71. The van der Waals surface area contributed by atoms with Crippen LogP contribution in [0.1, 0.15) is 35.0 Å². The Morgan fingerprint density at radius 2 is 2.38 bits per heavy atom. The van der Waals surface area contributed by atoms with E-state index in [9.17, 15) is 10.1 Å². The van der Waals surface area contributed by atoms with E-state index >= 15 is 0 Å². The smallest absolute Gasteiger partial charge is 0.228 e. The Labute approximate surface area is 125 Å². The zero-order valence-electron chi connectivity index (χ0n) is 11.7. The van der Waals surface area contributed by atoms with Crippen LogP contribution >= 0.6 is 11.3 Å². The molecular weight excluding hydrogens is 290 g/mol. The molecular formula is C13H15N5O2S. The van der Waals surface area contributed by atoms with Crippen molar-refractivity contribution >= 4 is 27.8 Å². The zero-order valence-corrected chi connectivity index (χ0v) is 12.5. The van der Waals surface area contributed by atoms with Crippen LogP contribution in [-0.4, -0.2) is 22.5 Å². The molecule has 2 aromatic heterocycles. The van der Waals surface area contributed by atoms with Crippen molar-refractivity contribution in [2.45, 2.75) is 20.3 Å². The molecule has 0 atom stereocenters. The van der Waals surface area contributed by atoms with Gasteiger partial charge in [0.25, 0.3) is 0 Å². The van der Waals surface area contributed by atoms with Crippen molar-refractivity contribution in [3.63, 3.8) is 0 Å². The van der Waals surface area contributed by atoms with Crippen molar-refractivity contribution in [3.8, 4) is 6.07 Å². The van der Waals surface area contributed by atoms with Crippen LogP contribution in [-0.2, 0) is 6.42 Å². The lowest BCUT2D eigenvalue weighted by molar-refractivity contribution is 0.0944. The number of hydrogen-bond acceptors (Lipinski definition) is 8. The van der Waals surface area contributed by atoms with Crippen LogP contribution in [0.5, 0.6) is 0 Å². The number of nitrogens with one attached hydrogen (secondary N) is 1. The van der Waals surface area contributed by atoms with E-state index in [4.69, 9.17) is 10.3 Å². The number of ketones is 1. The summed E-state index contributed by atoms with van der Waals surface area (Å²) >= 11 is 1.21. The summed E-state index contributed by atoms with van der Waals surface area (Å²) in [5, 5.41) is 16.4. The molecule has 0 saturated carbocycles. The number of Topliss-reactive ketones (excluding diaryl/α,β-unsaturated/α-hetero) is 1. The monoisotopic (exact) mass is 305 g/mol. The molecule has 3 N–H and O–H groups in total. The van der Waals surface area contributed by atoms with Crippen molar-refractivity contribution in [1.82, 2.24) is 10.1 Å². The third-order valence-corrected chi connectivity index (χ3v) is 4.01. The highest BCUT2D eigenvalue weighted by Gasteiger charge is 2.22. The van der Waals surface area contributed by atoms with Crippen LogP contribution in [0, 0.1) is 17.2 Å². The molecule has 8 heteroatoms. The Morgan fingerprint density at radius 3 is 2.95 bits per heavy atom. The predicted molar refractivity (Wildman–Crippen MR) is 79.1 cm³/mol. The summed E-state index contributed by atoms with van der Waals surface area (Å²) in [7, 11) is 0. The number of nitrogens with two attached hydrogens (primary N) is 1. The summed E-state index contributed by atoms with van der Waals surface area (Å²) in [6.45, 7) is 4.11. The number of anilines is 2. The number of carbonyl (C=O) groups is 1. The third-order valence-electron chi connectivity index (χ3n) is 2.84. The van der Waals surface area contributed by atoms with E-state index in [-0.39, 0.29) is 17.4 Å². The Morgan fingerprint density at radius 1 is 1.62 bits per heavy atom. The molecule has 2 aromatic rings. The van der Waals surface area contributed by atoms with Crippen LogP contribution in [0.4, 0.5) is 10.7 Å². The third kappa shape index (κ3) is 3.20. The fourth-order valence-corrected chi connectivity index (χ4v) is 2.90. The van der Waals surface area contributed by atoms with Gasteiger partial charge in [0.2, 0.25) is 5.89 Å². The molecule has 21 heavy (non-hydrogen) atoms. The quantitative estimate of drug-likeness (QED) is 0.784. The number of rotatable bonds is 6. The minimum atomic E-state index is -0.163. The molecule has 0 saturated heterocycles. The van der Waals surface area contributed by atoms with Gasteiger partial charge in [-0.15, -0.1) is 11.3 Å². The summed E-state index contributed by atoms with van der Waals surface area (Å²) in [6.07, 6.45) is 1.86. The summed E-state index contributed by atoms with van der Waals surface area (Å²) in [5.41, 5.74) is 6.47. The van der Waals surface area contributed by atoms with Gasteiger partial charge in [-0.2, -0.15) is 10.2 Å². The molecule has 110 valence electrons. The van der Waals surface area contributed by atoms with Gasteiger partial charge >= 0.3 is 0 Å². The molecule has 0 aliphatic carbocycles. The van der Waals surface area contributed by atoms with E-state index in [0.29, 0.717) is 34.3 Å². The number of nitrogens with zero attached hydrogens (tertiary/aromatic N) is 3. The Bertz CT molecular complexity index is 670. The SMILES string of the molecule is CC(C)C(=O)c1sc(NCCc2ncno2)c(C#N)c1N. The Hall–Kier alpha value is -2.40. The van der Waals surface area contributed by atoms with Crippen molar-refractivity contribution in [2.75, 3.05) is 17.6 Å². The average molecular weight is 305 g/mol. The lowest BCUT2D eigenvalue weighted by Gasteiger charge is -2.01. The highest BCUT2D eigenvalue weighted by Crippen LogP contribution is 2.36. The molecule has 0 bridgehead atoms. The number of hydrogen-bond donors (Lipinski definition) is 2. The fraction of sp³-hybridized carbons (Fsp3) is 0.385. The number of thiophene rings is 1. The largest absolute Gasteiger partial charge is 0.396 e. The first-order valence-corrected chi connectivity index (χ1v) is 7.22. The molecule has 7 nitrogen and oxygen atoms in total. The summed E-state index contributed by atoms with van der Waals surface area (Å²) in [5.74, 6) is 0.284. The topological polar surface area (TPSA) is 118 Å². The van der Waals surface area contributed by atoms with Crippen LogP contribution in [0.15, 0.2) is 10.9 Å². The highest BCUT2D eigenvalue weighted by molar-refractivity contribution is 7.19. The number of aromatic nitrogens is 2. The minimum absolute atomic E-state index is 0.0565. The van der Waals surface area contributed by atoms with Crippen LogP contribution in [0.3, 0.4) is 0 Å². The maximum Gasteiger partial charge on any atom is 0.228 e. The van der Waals surface area contributed by atoms with Gasteiger partial charge in [0.05, 0.1) is 10.6 Å². The molecule has 2 rings (SSSR count). The summed E-state index contributed by atoms with van der Waals surface area (Å²) < 4.78 is 4.89. The normalized spacial score (nSPS) is 10.6. The number of nitrogen functional groups attached to an aromatic ring is 1. The second-order valence-corrected chi connectivity index (χ2v) is 5.71. The first kappa shape index (κ1) is 15.0. The average Bonchev–Trinajstić information content (AvgIpc) is 3.06. The van der Waals surface area contributed by atoms with Gasteiger partial charge in [-0.05, 0) is 0 Å². The van der Waals surface area contributed by atoms with Gasteiger partial charge in [0.1, 0.15) is 16.6 Å². The van der Waals surface area contributed by atoms with Crippen molar-refractivity contribution in [1.29, 1.82) is 5.26 Å². The second kappa shape index (κ2) is 6.37. The van der Waals surface area contributed by atoms with E-state index in [1.807, 2.05) is 6.07 Å². The Kier molecular flexibility index (Phi) is 4.55. The highest BCUT2D eigenvalue weighted by atomic mass is 32.1. The first-order valence-electron chi connectivity index (χ1n) is 6.40. The minimum Gasteiger partial charge on any atom is -0.396 e. The van der Waals surface area contributed by atoms with Crippen molar-refractivity contribution in [2.24, 2.45) is 5.92 Å². The van der Waals surface area contributed by atoms with Crippen LogP contribution in [0.2, 0.25) is 0 Å². The van der Waals surface area contributed by atoms with Crippen LogP contribution < -0.4 is 11.1 Å². The number of carbonyl (C=O) groups excluding carboxylic acids is 1. The molecule has 2 heterocycles. The van der Waals surface area contributed by atoms with Gasteiger partial charge < -0.3 is 15.6 Å². The van der Waals surface area contributed by atoms with Crippen molar-refractivity contribution < 1.29 is 9.32 Å². The van der Waals surface area contributed by atoms with Gasteiger partial charge in [0, 0.05) is 18.9 Å². The van der Waals surface area contributed by atoms with Crippen molar-refractivity contribution in [3.05, 3.63) is 22.7 Å². The lowest BCUT2D eigenvalue weighted by atomic mass is 10.1. The summed E-state index contributed by atoms with van der Waals surface area (Å²) in [6, 6.07) is 2.04. The molecule has 0 unspecified atom stereocenters. The number of nitriles is 1. The van der Waals surface area contributed by atoms with E-state index < -0.39 is 0 Å². The summed E-state index contributed by atoms with van der Waals surface area (Å²) in [4.78, 5) is 16.4. The van der Waals surface area contributed by atoms with E-state index in [0.717, 1.165) is 0 Å². The molecule has 0 aliphatic rings. The first-order chi connectivity index (χ1) is 10.0. The van der Waals surface area contributed by atoms with Gasteiger partial charge in [-0.3, -0.25) is 4.79 Å². The molecule has 0 amide bonds. The van der Waals surface area contributed by atoms with E-state index in [1.165, 1.54) is 17.7 Å². The van der Waals surface area contributed by atoms with Crippen LogP contribution in [0.25, 0.3) is 0 Å². The molecule has 0 fully saturated rings. The van der Waals surface area contributed by atoms with Gasteiger partial charge in [-0.25, -0.2) is 0 Å². The van der Waals surface area contributed by atoms with Gasteiger partial charge in [0.15, 0.2) is 12.1 Å².